The minimum absolute atomic E-state index is 0.0585. The standard InChI is InChI=1S/C17H15ClN4O/c18-15-6-2-1-5-14(15)17(23)22-10-8-21(9-11-22)16-13(12-19)4-3-7-20-16/h1-7H,8-11H2. The van der Waals surface area contributed by atoms with Crippen molar-refractivity contribution >= 4 is 23.3 Å². The van der Waals surface area contributed by atoms with Gasteiger partial charge in [0.2, 0.25) is 0 Å². The van der Waals surface area contributed by atoms with Crippen LogP contribution in [-0.2, 0) is 0 Å². The van der Waals surface area contributed by atoms with Crippen LogP contribution in [0.5, 0.6) is 0 Å². The summed E-state index contributed by atoms with van der Waals surface area (Å²) < 4.78 is 0. The van der Waals surface area contributed by atoms with Crippen LogP contribution >= 0.6 is 11.6 Å². The number of rotatable bonds is 2. The molecule has 0 N–H and O–H groups in total. The summed E-state index contributed by atoms with van der Waals surface area (Å²) in [7, 11) is 0. The fourth-order valence-electron chi connectivity index (χ4n) is 2.66. The maximum absolute atomic E-state index is 12.5. The van der Waals surface area contributed by atoms with Crippen molar-refractivity contribution in [3.8, 4) is 6.07 Å². The van der Waals surface area contributed by atoms with Gasteiger partial charge in [0.25, 0.3) is 5.91 Å². The Kier molecular flexibility index (Phi) is 4.45. The molecule has 1 amide bonds. The van der Waals surface area contributed by atoms with Crippen LogP contribution in [0.3, 0.4) is 0 Å². The Balaban J connectivity index is 1.71. The molecule has 0 aliphatic carbocycles. The Morgan fingerprint density at radius 3 is 2.57 bits per heavy atom. The van der Waals surface area contributed by atoms with Gasteiger partial charge in [-0.2, -0.15) is 5.26 Å². The van der Waals surface area contributed by atoms with E-state index in [1.54, 1.807) is 35.4 Å². The summed E-state index contributed by atoms with van der Waals surface area (Å²) in [4.78, 5) is 20.7. The first-order valence-electron chi connectivity index (χ1n) is 7.34. The van der Waals surface area contributed by atoms with E-state index in [9.17, 15) is 10.1 Å². The fraction of sp³-hybridized carbons (Fsp3) is 0.235. The normalized spacial score (nSPS) is 14.4. The van der Waals surface area contributed by atoms with Crippen molar-refractivity contribution in [2.75, 3.05) is 31.1 Å². The number of hydrogen-bond acceptors (Lipinski definition) is 4. The van der Waals surface area contributed by atoms with E-state index < -0.39 is 0 Å². The molecule has 5 nitrogen and oxygen atoms in total. The monoisotopic (exact) mass is 326 g/mol. The highest BCUT2D eigenvalue weighted by molar-refractivity contribution is 6.33. The van der Waals surface area contributed by atoms with Gasteiger partial charge >= 0.3 is 0 Å². The summed E-state index contributed by atoms with van der Waals surface area (Å²) >= 11 is 6.10. The van der Waals surface area contributed by atoms with Crippen LogP contribution in [0.2, 0.25) is 5.02 Å². The predicted octanol–water partition coefficient (Wildman–Crippen LogP) is 2.57. The molecule has 2 heterocycles. The Hall–Kier alpha value is -2.58. The second kappa shape index (κ2) is 6.67. The van der Waals surface area contributed by atoms with Crippen molar-refractivity contribution in [1.29, 1.82) is 5.26 Å². The lowest BCUT2D eigenvalue weighted by Crippen LogP contribution is -2.49. The topological polar surface area (TPSA) is 60.2 Å². The van der Waals surface area contributed by atoms with E-state index in [-0.39, 0.29) is 5.91 Å². The minimum Gasteiger partial charge on any atom is -0.352 e. The van der Waals surface area contributed by atoms with Gasteiger partial charge in [0, 0.05) is 32.4 Å². The molecule has 0 unspecified atom stereocenters. The van der Waals surface area contributed by atoms with Gasteiger partial charge in [-0.15, -0.1) is 0 Å². The number of carbonyl (C=O) groups excluding carboxylic acids is 1. The number of nitrogens with zero attached hydrogens (tertiary/aromatic N) is 4. The van der Waals surface area contributed by atoms with Crippen LogP contribution in [0.4, 0.5) is 5.82 Å². The Labute approximate surface area is 139 Å². The third-order valence-electron chi connectivity index (χ3n) is 3.88. The first-order valence-corrected chi connectivity index (χ1v) is 7.72. The van der Waals surface area contributed by atoms with Crippen molar-refractivity contribution in [3.63, 3.8) is 0 Å². The zero-order valence-electron chi connectivity index (χ0n) is 12.4. The van der Waals surface area contributed by atoms with Crippen molar-refractivity contribution in [2.24, 2.45) is 0 Å². The molecule has 0 spiro atoms. The third-order valence-corrected chi connectivity index (χ3v) is 4.21. The van der Waals surface area contributed by atoms with Crippen LogP contribution in [-0.4, -0.2) is 42.0 Å². The van der Waals surface area contributed by atoms with Gasteiger partial charge in [0.05, 0.1) is 16.1 Å². The van der Waals surface area contributed by atoms with Crippen molar-refractivity contribution in [1.82, 2.24) is 9.88 Å². The summed E-state index contributed by atoms with van der Waals surface area (Å²) in [5.41, 5.74) is 1.08. The highest BCUT2D eigenvalue weighted by atomic mass is 35.5. The lowest BCUT2D eigenvalue weighted by molar-refractivity contribution is 0.0746. The number of hydrogen-bond donors (Lipinski definition) is 0. The Morgan fingerprint density at radius 2 is 1.87 bits per heavy atom. The predicted molar refractivity (Wildman–Crippen MR) is 88.5 cm³/mol. The molecule has 1 aromatic heterocycles. The largest absolute Gasteiger partial charge is 0.352 e. The Morgan fingerprint density at radius 1 is 1.13 bits per heavy atom. The molecule has 3 rings (SSSR count). The number of halogens is 1. The molecule has 0 bridgehead atoms. The number of nitriles is 1. The first-order chi connectivity index (χ1) is 11.2. The SMILES string of the molecule is N#Cc1cccnc1N1CCN(C(=O)c2ccccc2Cl)CC1. The van der Waals surface area contributed by atoms with Gasteiger partial charge in [-0.1, -0.05) is 23.7 Å². The number of amides is 1. The molecule has 1 aliphatic heterocycles. The number of anilines is 1. The van der Waals surface area contributed by atoms with Crippen LogP contribution in [0.1, 0.15) is 15.9 Å². The van der Waals surface area contributed by atoms with E-state index in [1.165, 1.54) is 0 Å². The van der Waals surface area contributed by atoms with Gasteiger partial charge in [-0.25, -0.2) is 4.98 Å². The molecule has 2 aromatic rings. The highest BCUT2D eigenvalue weighted by Gasteiger charge is 2.25. The summed E-state index contributed by atoms with van der Waals surface area (Å²) in [6.07, 6.45) is 1.68. The van der Waals surface area contributed by atoms with Crippen molar-refractivity contribution < 1.29 is 4.79 Å². The summed E-state index contributed by atoms with van der Waals surface area (Å²) in [5, 5.41) is 9.64. The molecule has 23 heavy (non-hydrogen) atoms. The van der Waals surface area contributed by atoms with Crippen LogP contribution in [0.25, 0.3) is 0 Å². The molecular weight excluding hydrogens is 312 g/mol. The highest BCUT2D eigenvalue weighted by Crippen LogP contribution is 2.21. The van der Waals surface area contributed by atoms with Gasteiger partial charge in [-0.3, -0.25) is 4.79 Å². The van der Waals surface area contributed by atoms with E-state index in [2.05, 4.69) is 11.1 Å². The molecule has 0 atom stereocenters. The number of aromatic nitrogens is 1. The Bertz CT molecular complexity index is 763. The molecule has 0 radical (unpaired) electrons. The van der Waals surface area contributed by atoms with Crippen molar-refractivity contribution in [2.45, 2.75) is 0 Å². The van der Waals surface area contributed by atoms with Gasteiger partial charge in [-0.05, 0) is 24.3 Å². The maximum Gasteiger partial charge on any atom is 0.255 e. The van der Waals surface area contributed by atoms with Gasteiger partial charge in [0.15, 0.2) is 0 Å². The van der Waals surface area contributed by atoms with Crippen LogP contribution in [0, 0.1) is 11.3 Å². The summed E-state index contributed by atoms with van der Waals surface area (Å²) in [6, 6.07) is 12.7. The quantitative estimate of drug-likeness (QED) is 0.851. The third kappa shape index (κ3) is 3.13. The molecule has 1 fully saturated rings. The average Bonchev–Trinajstić information content (AvgIpc) is 2.61. The number of carbonyl (C=O) groups is 1. The minimum atomic E-state index is -0.0585. The zero-order valence-corrected chi connectivity index (χ0v) is 13.2. The van der Waals surface area contributed by atoms with Crippen molar-refractivity contribution in [3.05, 3.63) is 58.7 Å². The second-order valence-electron chi connectivity index (χ2n) is 5.25. The molecule has 116 valence electrons. The number of piperazine rings is 1. The smallest absolute Gasteiger partial charge is 0.255 e. The van der Waals surface area contributed by atoms with E-state index in [0.29, 0.717) is 48.1 Å². The zero-order chi connectivity index (χ0) is 16.2. The lowest BCUT2D eigenvalue weighted by atomic mass is 10.1. The first kappa shape index (κ1) is 15.3. The van der Waals surface area contributed by atoms with E-state index in [4.69, 9.17) is 11.6 Å². The van der Waals surface area contributed by atoms with E-state index in [0.717, 1.165) is 0 Å². The molecule has 1 saturated heterocycles. The maximum atomic E-state index is 12.5. The summed E-state index contributed by atoms with van der Waals surface area (Å²) in [5.74, 6) is 0.622. The number of pyridine rings is 1. The van der Waals surface area contributed by atoms with E-state index >= 15 is 0 Å². The van der Waals surface area contributed by atoms with Gasteiger partial charge in [0.1, 0.15) is 11.9 Å². The molecule has 0 saturated carbocycles. The average molecular weight is 327 g/mol. The second-order valence-corrected chi connectivity index (χ2v) is 5.65. The van der Waals surface area contributed by atoms with Crippen LogP contribution < -0.4 is 4.90 Å². The fourth-order valence-corrected chi connectivity index (χ4v) is 2.88. The molecule has 1 aliphatic rings. The van der Waals surface area contributed by atoms with Gasteiger partial charge < -0.3 is 9.80 Å². The summed E-state index contributed by atoms with van der Waals surface area (Å²) in [6.45, 7) is 2.43. The lowest BCUT2D eigenvalue weighted by Gasteiger charge is -2.35. The van der Waals surface area contributed by atoms with Crippen LogP contribution in [0.15, 0.2) is 42.6 Å². The van der Waals surface area contributed by atoms with E-state index in [1.807, 2.05) is 17.0 Å². The molecular formula is C17H15ClN4O. The number of benzene rings is 1. The molecule has 1 aromatic carbocycles. The molecule has 6 heteroatoms.